The summed E-state index contributed by atoms with van der Waals surface area (Å²) in [7, 11) is 0. The van der Waals surface area contributed by atoms with Crippen molar-refractivity contribution in [3.8, 4) is 0 Å². The van der Waals surface area contributed by atoms with Crippen LogP contribution in [0.25, 0.3) is 0 Å². The number of benzene rings is 1. The maximum absolute atomic E-state index is 13.5. The minimum absolute atomic E-state index is 0.0298. The first-order valence-electron chi connectivity index (χ1n) is 5.66. The third kappa shape index (κ3) is 6.59. The van der Waals surface area contributed by atoms with Crippen LogP contribution in [0.2, 0.25) is 0 Å². The molecule has 0 aliphatic rings. The molecule has 5 heteroatoms. The van der Waals surface area contributed by atoms with Crippen molar-refractivity contribution in [2.24, 2.45) is 0 Å². The quantitative estimate of drug-likeness (QED) is 0.550. The Hall–Kier alpha value is -1.10. The summed E-state index contributed by atoms with van der Waals surface area (Å²) in [6.07, 6.45) is -6.18. The van der Waals surface area contributed by atoms with E-state index in [9.17, 15) is 17.6 Å². The van der Waals surface area contributed by atoms with Gasteiger partial charge in [-0.25, -0.2) is 4.39 Å². The molecule has 1 nitrogen and oxygen atoms in total. The Morgan fingerprint density at radius 3 is 2.22 bits per heavy atom. The van der Waals surface area contributed by atoms with Crippen LogP contribution in [0.5, 0.6) is 0 Å². The molecule has 0 spiro atoms. The highest BCUT2D eigenvalue weighted by atomic mass is 19.4. The first kappa shape index (κ1) is 15.0. The summed E-state index contributed by atoms with van der Waals surface area (Å²) in [4.78, 5) is 0. The van der Waals surface area contributed by atoms with Crippen LogP contribution < -0.4 is 0 Å². The number of rotatable bonds is 6. The third-order valence-electron chi connectivity index (χ3n) is 2.45. The van der Waals surface area contributed by atoms with Crippen LogP contribution in [0.1, 0.15) is 25.3 Å². The zero-order chi connectivity index (χ0) is 13.6. The van der Waals surface area contributed by atoms with Gasteiger partial charge in [-0.05, 0) is 12.5 Å². The van der Waals surface area contributed by atoms with E-state index in [1.807, 2.05) is 30.3 Å². The van der Waals surface area contributed by atoms with E-state index < -0.39 is 18.3 Å². The molecule has 18 heavy (non-hydrogen) atoms. The maximum atomic E-state index is 13.5. The Morgan fingerprint density at radius 2 is 1.67 bits per heavy atom. The van der Waals surface area contributed by atoms with Crippen molar-refractivity contribution >= 4 is 0 Å². The van der Waals surface area contributed by atoms with E-state index in [0.29, 0.717) is 0 Å². The van der Waals surface area contributed by atoms with Gasteiger partial charge >= 0.3 is 6.18 Å². The molecule has 0 fully saturated rings. The minimum atomic E-state index is -4.48. The summed E-state index contributed by atoms with van der Waals surface area (Å²) < 4.78 is 54.8. The zero-order valence-electron chi connectivity index (χ0n) is 10.1. The summed E-state index contributed by atoms with van der Waals surface area (Å²) >= 11 is 0. The number of hydrogen-bond acceptors (Lipinski definition) is 1. The molecule has 0 radical (unpaired) electrons. The van der Waals surface area contributed by atoms with E-state index in [2.05, 4.69) is 0 Å². The van der Waals surface area contributed by atoms with Crippen molar-refractivity contribution in [1.29, 1.82) is 0 Å². The minimum Gasteiger partial charge on any atom is -0.377 e. The average Bonchev–Trinajstić information content (AvgIpc) is 2.23. The highest BCUT2D eigenvalue weighted by Gasteiger charge is 2.39. The molecule has 1 rings (SSSR count). The monoisotopic (exact) mass is 264 g/mol. The van der Waals surface area contributed by atoms with Gasteiger partial charge in [0.25, 0.3) is 0 Å². The molecule has 0 saturated heterocycles. The summed E-state index contributed by atoms with van der Waals surface area (Å²) in [5.41, 5.74) is -1.36. The van der Waals surface area contributed by atoms with Crippen molar-refractivity contribution in [1.82, 2.24) is 0 Å². The van der Waals surface area contributed by atoms with Crippen LogP contribution >= 0.6 is 0 Å². The van der Waals surface area contributed by atoms with E-state index in [-0.39, 0.29) is 19.6 Å². The maximum Gasteiger partial charge on any atom is 0.392 e. The molecule has 0 aliphatic heterocycles. The molecule has 1 aromatic rings. The van der Waals surface area contributed by atoms with E-state index >= 15 is 0 Å². The van der Waals surface area contributed by atoms with Crippen LogP contribution in [-0.4, -0.2) is 18.5 Å². The number of alkyl halides is 4. The standard InChI is InChI=1S/C13H16F4O/c1-12(14,10-13(15,16)17)7-8-18-9-11-5-3-2-4-6-11/h2-6H,7-10H2,1H3. The van der Waals surface area contributed by atoms with Crippen LogP contribution in [-0.2, 0) is 11.3 Å². The Balaban J connectivity index is 2.25. The Kier molecular flexibility index (Phi) is 5.14. The van der Waals surface area contributed by atoms with Gasteiger partial charge in [0.15, 0.2) is 0 Å². The number of hydrogen-bond donors (Lipinski definition) is 0. The molecule has 0 heterocycles. The molecule has 0 bridgehead atoms. The predicted molar refractivity (Wildman–Crippen MR) is 60.9 cm³/mol. The number of halogens is 4. The molecule has 0 aliphatic carbocycles. The molecular weight excluding hydrogens is 248 g/mol. The van der Waals surface area contributed by atoms with Crippen molar-refractivity contribution < 1.29 is 22.3 Å². The smallest absolute Gasteiger partial charge is 0.377 e. The van der Waals surface area contributed by atoms with Gasteiger partial charge in [0, 0.05) is 6.42 Å². The van der Waals surface area contributed by atoms with Crippen molar-refractivity contribution in [3.05, 3.63) is 35.9 Å². The van der Waals surface area contributed by atoms with Gasteiger partial charge in [0.2, 0.25) is 0 Å². The second kappa shape index (κ2) is 6.18. The molecule has 102 valence electrons. The molecule has 0 aromatic heterocycles. The van der Waals surface area contributed by atoms with Gasteiger partial charge in [-0.3, -0.25) is 0 Å². The number of ether oxygens (including phenoxy) is 1. The fraction of sp³-hybridized carbons (Fsp3) is 0.538. The second-order valence-corrected chi connectivity index (χ2v) is 4.49. The van der Waals surface area contributed by atoms with Crippen LogP contribution in [0, 0.1) is 0 Å². The topological polar surface area (TPSA) is 9.23 Å². The van der Waals surface area contributed by atoms with Crippen molar-refractivity contribution in [3.63, 3.8) is 0 Å². The van der Waals surface area contributed by atoms with E-state index in [1.54, 1.807) is 0 Å². The van der Waals surface area contributed by atoms with Crippen LogP contribution in [0.4, 0.5) is 17.6 Å². The summed E-state index contributed by atoms with van der Waals surface area (Å²) in [5.74, 6) is 0. The third-order valence-corrected chi connectivity index (χ3v) is 2.45. The van der Waals surface area contributed by atoms with Crippen molar-refractivity contribution in [2.75, 3.05) is 6.61 Å². The molecule has 1 unspecified atom stereocenters. The molecular formula is C13H16F4O. The second-order valence-electron chi connectivity index (χ2n) is 4.49. The molecule has 1 aromatic carbocycles. The summed E-state index contributed by atoms with van der Waals surface area (Å²) in [6, 6.07) is 9.20. The predicted octanol–water partition coefficient (Wildman–Crippen LogP) is 4.27. The summed E-state index contributed by atoms with van der Waals surface area (Å²) in [5, 5.41) is 0. The molecule has 0 N–H and O–H groups in total. The van der Waals surface area contributed by atoms with Gasteiger partial charge in [0.05, 0.1) is 19.6 Å². The highest BCUT2D eigenvalue weighted by molar-refractivity contribution is 5.13. The molecule has 0 saturated carbocycles. The van der Waals surface area contributed by atoms with Crippen LogP contribution in [0.3, 0.4) is 0 Å². The van der Waals surface area contributed by atoms with Gasteiger partial charge < -0.3 is 4.74 Å². The fourth-order valence-corrected chi connectivity index (χ4v) is 1.56. The first-order valence-corrected chi connectivity index (χ1v) is 5.66. The lowest BCUT2D eigenvalue weighted by Crippen LogP contribution is -2.28. The average molecular weight is 264 g/mol. The van der Waals surface area contributed by atoms with E-state index in [4.69, 9.17) is 4.74 Å². The molecule has 1 atom stereocenters. The Morgan fingerprint density at radius 1 is 1.06 bits per heavy atom. The summed E-state index contributed by atoms with van der Waals surface area (Å²) in [6.45, 7) is 1.20. The van der Waals surface area contributed by atoms with Gasteiger partial charge in [-0.15, -0.1) is 0 Å². The highest BCUT2D eigenvalue weighted by Crippen LogP contribution is 2.32. The zero-order valence-corrected chi connectivity index (χ0v) is 10.1. The Labute approximate surface area is 104 Å². The normalized spacial score (nSPS) is 15.4. The van der Waals surface area contributed by atoms with Gasteiger partial charge in [0.1, 0.15) is 5.67 Å². The van der Waals surface area contributed by atoms with E-state index in [1.165, 1.54) is 0 Å². The largest absolute Gasteiger partial charge is 0.392 e. The SMILES string of the molecule is CC(F)(CCOCc1ccccc1)CC(F)(F)F. The van der Waals surface area contributed by atoms with E-state index in [0.717, 1.165) is 12.5 Å². The fourth-order valence-electron chi connectivity index (χ4n) is 1.56. The van der Waals surface area contributed by atoms with Crippen molar-refractivity contribution in [2.45, 2.75) is 38.2 Å². The Bertz CT molecular complexity index is 346. The van der Waals surface area contributed by atoms with Gasteiger partial charge in [-0.2, -0.15) is 13.2 Å². The lowest BCUT2D eigenvalue weighted by molar-refractivity contribution is -0.161. The lowest BCUT2D eigenvalue weighted by atomic mass is 10.0. The first-order chi connectivity index (χ1) is 8.29. The lowest BCUT2D eigenvalue weighted by Gasteiger charge is -2.21. The van der Waals surface area contributed by atoms with Gasteiger partial charge in [-0.1, -0.05) is 30.3 Å². The molecule has 0 amide bonds. The van der Waals surface area contributed by atoms with Crippen LogP contribution in [0.15, 0.2) is 30.3 Å².